The van der Waals surface area contributed by atoms with E-state index in [1.54, 1.807) is 6.08 Å². The van der Waals surface area contributed by atoms with Gasteiger partial charge in [-0.2, -0.15) is 0 Å². The quantitative estimate of drug-likeness (QED) is 0.0996. The largest absolute Gasteiger partial charge is 0.457 e. The number of ether oxygens (including phenoxy) is 2. The van der Waals surface area contributed by atoms with E-state index in [9.17, 15) is 14.4 Å². The van der Waals surface area contributed by atoms with Gasteiger partial charge in [-0.25, -0.2) is 15.1 Å². The molecule has 2 aromatic carbocycles. The fourth-order valence-corrected chi connectivity index (χ4v) is 5.35. The van der Waals surface area contributed by atoms with Crippen LogP contribution in [0.5, 0.6) is 0 Å². The second-order valence-corrected chi connectivity index (χ2v) is 13.0. The molecule has 0 aliphatic carbocycles. The van der Waals surface area contributed by atoms with Gasteiger partial charge in [0.1, 0.15) is 5.60 Å². The summed E-state index contributed by atoms with van der Waals surface area (Å²) in [5.74, 6) is 6.14. The van der Waals surface area contributed by atoms with Crippen LogP contribution in [0.15, 0.2) is 54.6 Å². The van der Waals surface area contributed by atoms with E-state index in [4.69, 9.17) is 14.3 Å². The van der Waals surface area contributed by atoms with E-state index in [-0.39, 0.29) is 24.1 Å². The second-order valence-electron chi connectivity index (χ2n) is 13.0. The Morgan fingerprint density at radius 3 is 2.13 bits per heavy atom. The van der Waals surface area contributed by atoms with Gasteiger partial charge in [0.15, 0.2) is 6.29 Å². The van der Waals surface area contributed by atoms with Gasteiger partial charge in [-0.1, -0.05) is 36.8 Å². The normalized spacial score (nSPS) is 16.8. The highest BCUT2D eigenvalue weighted by atomic mass is 16.8. The van der Waals surface area contributed by atoms with Gasteiger partial charge in [-0.15, -0.1) is 0 Å². The first-order valence-corrected chi connectivity index (χ1v) is 16.9. The standard InChI is InChI=1S/C38H49N3O6/c1-38(2,3)46-36(44)24-21-31-16-13-30(14-17-31)15-18-32-19-22-33(23-20-32)40-25-27-41(28-26-40)35(43)11-7-5-4-6-10-34(42)39-47-37-12-8-9-29-45-37/h13-14,16-17,19-24,37H,4-12,25-29H2,1-3H3,(H,39,42)/b24-21+. The molecule has 47 heavy (non-hydrogen) atoms. The molecule has 0 aromatic heterocycles. The summed E-state index contributed by atoms with van der Waals surface area (Å²) in [6, 6.07) is 15.9. The van der Waals surface area contributed by atoms with Crippen molar-refractivity contribution in [2.24, 2.45) is 0 Å². The van der Waals surface area contributed by atoms with Gasteiger partial charge in [0.25, 0.3) is 0 Å². The molecular formula is C38H49N3O6. The summed E-state index contributed by atoms with van der Waals surface area (Å²) in [6.07, 6.45) is 10.2. The topological polar surface area (TPSA) is 97.4 Å². The number of anilines is 1. The van der Waals surface area contributed by atoms with Crippen molar-refractivity contribution in [1.82, 2.24) is 10.4 Å². The number of hydrogen-bond acceptors (Lipinski definition) is 7. The van der Waals surface area contributed by atoms with Crippen LogP contribution in [-0.4, -0.2) is 67.4 Å². The van der Waals surface area contributed by atoms with Gasteiger partial charge in [-0.05, 0) is 94.5 Å². The number of nitrogens with zero attached hydrogens (tertiary/aromatic N) is 2. The zero-order valence-electron chi connectivity index (χ0n) is 28.1. The summed E-state index contributed by atoms with van der Waals surface area (Å²) in [7, 11) is 0. The molecule has 2 saturated heterocycles. The van der Waals surface area contributed by atoms with Gasteiger partial charge in [0.2, 0.25) is 11.8 Å². The Morgan fingerprint density at radius 1 is 0.872 bits per heavy atom. The number of hydroxylamine groups is 1. The zero-order chi connectivity index (χ0) is 33.5. The van der Waals surface area contributed by atoms with Crippen molar-refractivity contribution in [1.29, 1.82) is 0 Å². The molecule has 252 valence electrons. The van der Waals surface area contributed by atoms with E-state index in [2.05, 4.69) is 34.4 Å². The molecule has 2 aliphatic rings. The third-order valence-electron chi connectivity index (χ3n) is 7.93. The van der Waals surface area contributed by atoms with Crippen LogP contribution in [0.4, 0.5) is 5.69 Å². The average molecular weight is 644 g/mol. The van der Waals surface area contributed by atoms with Gasteiger partial charge in [0, 0.05) is 74.9 Å². The van der Waals surface area contributed by atoms with Crippen molar-refractivity contribution < 1.29 is 28.7 Å². The Kier molecular flexibility index (Phi) is 13.9. The van der Waals surface area contributed by atoms with Crippen LogP contribution in [0.3, 0.4) is 0 Å². The molecule has 9 nitrogen and oxygen atoms in total. The fourth-order valence-electron chi connectivity index (χ4n) is 5.35. The average Bonchev–Trinajstić information content (AvgIpc) is 3.07. The summed E-state index contributed by atoms with van der Waals surface area (Å²) in [6.45, 7) is 9.24. The van der Waals surface area contributed by atoms with Crippen molar-refractivity contribution in [3.63, 3.8) is 0 Å². The predicted octanol–water partition coefficient (Wildman–Crippen LogP) is 6.00. The van der Waals surface area contributed by atoms with E-state index in [0.29, 0.717) is 32.5 Å². The third kappa shape index (κ3) is 13.3. The molecule has 0 bridgehead atoms. The summed E-state index contributed by atoms with van der Waals surface area (Å²) >= 11 is 0. The van der Waals surface area contributed by atoms with Gasteiger partial charge >= 0.3 is 5.97 Å². The van der Waals surface area contributed by atoms with E-state index in [1.165, 1.54) is 6.08 Å². The van der Waals surface area contributed by atoms with Crippen LogP contribution >= 0.6 is 0 Å². The number of rotatable bonds is 12. The molecule has 2 heterocycles. The summed E-state index contributed by atoms with van der Waals surface area (Å²) in [5, 5.41) is 0. The molecule has 1 unspecified atom stereocenters. The lowest BCUT2D eigenvalue weighted by Gasteiger charge is -2.36. The first-order valence-electron chi connectivity index (χ1n) is 16.9. The molecule has 2 aliphatic heterocycles. The third-order valence-corrected chi connectivity index (χ3v) is 7.93. The second kappa shape index (κ2) is 18.3. The fraction of sp³-hybridized carbons (Fsp3) is 0.500. The lowest BCUT2D eigenvalue weighted by Crippen LogP contribution is -2.48. The Balaban J connectivity index is 1.10. The molecule has 0 spiro atoms. The van der Waals surface area contributed by atoms with Gasteiger partial charge in [-0.3, -0.25) is 9.59 Å². The minimum Gasteiger partial charge on any atom is -0.457 e. The minimum atomic E-state index is -0.513. The van der Waals surface area contributed by atoms with Crippen LogP contribution in [0.1, 0.15) is 95.2 Å². The smallest absolute Gasteiger partial charge is 0.331 e. The molecule has 2 amide bonds. The molecule has 4 rings (SSSR count). The Bertz CT molecular complexity index is 1390. The van der Waals surface area contributed by atoms with E-state index >= 15 is 0 Å². The highest BCUT2D eigenvalue weighted by Gasteiger charge is 2.21. The van der Waals surface area contributed by atoms with Crippen LogP contribution in [-0.2, 0) is 28.7 Å². The Hall–Kier alpha value is -4.13. The Labute approximate surface area is 279 Å². The predicted molar refractivity (Wildman–Crippen MR) is 183 cm³/mol. The van der Waals surface area contributed by atoms with Gasteiger partial charge in [0.05, 0.1) is 0 Å². The lowest BCUT2D eigenvalue weighted by atomic mass is 10.1. The van der Waals surface area contributed by atoms with Crippen molar-refractivity contribution in [2.45, 2.75) is 90.4 Å². The van der Waals surface area contributed by atoms with Crippen molar-refractivity contribution in [2.75, 3.05) is 37.7 Å². The minimum absolute atomic E-state index is 0.120. The number of carbonyl (C=O) groups excluding carboxylic acids is 3. The maximum Gasteiger partial charge on any atom is 0.331 e. The highest BCUT2D eigenvalue weighted by molar-refractivity contribution is 5.87. The number of unbranched alkanes of at least 4 members (excludes halogenated alkanes) is 3. The maximum atomic E-state index is 12.8. The molecular weight excluding hydrogens is 594 g/mol. The van der Waals surface area contributed by atoms with Crippen LogP contribution in [0.2, 0.25) is 0 Å². The molecule has 2 aromatic rings. The van der Waals surface area contributed by atoms with Crippen LogP contribution in [0, 0.1) is 11.8 Å². The van der Waals surface area contributed by atoms with E-state index in [1.807, 2.05) is 62.1 Å². The first kappa shape index (κ1) is 35.7. The molecule has 1 N–H and O–H groups in total. The number of amides is 2. The van der Waals surface area contributed by atoms with Gasteiger partial charge < -0.3 is 19.3 Å². The number of nitrogens with one attached hydrogen (secondary N) is 1. The molecule has 1 atom stereocenters. The van der Waals surface area contributed by atoms with Crippen LogP contribution < -0.4 is 10.4 Å². The van der Waals surface area contributed by atoms with Crippen molar-refractivity contribution in [3.05, 3.63) is 71.3 Å². The van der Waals surface area contributed by atoms with Crippen molar-refractivity contribution in [3.8, 4) is 11.8 Å². The number of benzene rings is 2. The SMILES string of the molecule is CC(C)(C)OC(=O)/C=C/c1ccc(C#Cc2ccc(N3CCN(C(=O)CCCCCCC(=O)NOC4CCCCO4)CC3)cc2)cc1. The molecule has 0 saturated carbocycles. The zero-order valence-corrected chi connectivity index (χ0v) is 28.1. The number of piperazine rings is 1. The molecule has 0 radical (unpaired) electrons. The number of carbonyl (C=O) groups is 3. The monoisotopic (exact) mass is 643 g/mol. The summed E-state index contributed by atoms with van der Waals surface area (Å²) < 4.78 is 10.7. The molecule has 9 heteroatoms. The Morgan fingerprint density at radius 2 is 1.51 bits per heavy atom. The number of esters is 1. The molecule has 2 fully saturated rings. The lowest BCUT2D eigenvalue weighted by molar-refractivity contribution is -0.200. The van der Waals surface area contributed by atoms with E-state index in [0.717, 1.165) is 80.4 Å². The first-order chi connectivity index (χ1) is 22.6. The highest BCUT2D eigenvalue weighted by Crippen LogP contribution is 2.19. The van der Waals surface area contributed by atoms with E-state index < -0.39 is 5.60 Å². The summed E-state index contributed by atoms with van der Waals surface area (Å²) in [5.41, 5.74) is 5.84. The maximum absolute atomic E-state index is 12.8. The van der Waals surface area contributed by atoms with Crippen LogP contribution in [0.25, 0.3) is 6.08 Å². The number of hydrogen-bond donors (Lipinski definition) is 1. The summed E-state index contributed by atoms with van der Waals surface area (Å²) in [4.78, 5) is 46.2. The van der Waals surface area contributed by atoms with Crippen molar-refractivity contribution >= 4 is 29.5 Å².